The molecule has 15 heavy (non-hydrogen) atoms. The van der Waals surface area contributed by atoms with Crippen molar-refractivity contribution in [2.45, 2.75) is 63.9 Å². The van der Waals surface area contributed by atoms with Gasteiger partial charge in [-0.25, -0.2) is 0 Å². The number of rotatable bonds is 5. The number of aliphatic hydroxyl groups is 1. The van der Waals surface area contributed by atoms with Crippen LogP contribution in [0.3, 0.4) is 0 Å². The van der Waals surface area contributed by atoms with Gasteiger partial charge in [-0.2, -0.15) is 0 Å². The van der Waals surface area contributed by atoms with Crippen molar-refractivity contribution in [3.63, 3.8) is 0 Å². The van der Waals surface area contributed by atoms with Crippen LogP contribution in [-0.2, 0) is 4.79 Å². The minimum absolute atomic E-state index is 0.0918. The van der Waals surface area contributed by atoms with Gasteiger partial charge in [0, 0.05) is 0 Å². The van der Waals surface area contributed by atoms with E-state index in [9.17, 15) is 9.90 Å². The molecule has 0 saturated heterocycles. The zero-order valence-electron chi connectivity index (χ0n) is 9.54. The average molecular weight is 214 g/mol. The van der Waals surface area contributed by atoms with E-state index in [0.717, 1.165) is 32.1 Å². The van der Waals surface area contributed by atoms with Gasteiger partial charge in [0.25, 0.3) is 0 Å². The third kappa shape index (κ3) is 3.49. The molecule has 1 atom stereocenters. The van der Waals surface area contributed by atoms with Crippen LogP contribution in [0.15, 0.2) is 0 Å². The van der Waals surface area contributed by atoms with Crippen molar-refractivity contribution < 1.29 is 15.0 Å². The first-order valence-corrected chi connectivity index (χ1v) is 6.02. The molecule has 0 bridgehead atoms. The van der Waals surface area contributed by atoms with E-state index in [-0.39, 0.29) is 12.3 Å². The van der Waals surface area contributed by atoms with Crippen molar-refractivity contribution in [3.8, 4) is 0 Å². The van der Waals surface area contributed by atoms with E-state index in [2.05, 4.69) is 0 Å². The summed E-state index contributed by atoms with van der Waals surface area (Å²) in [5, 5.41) is 19.3. The maximum atomic E-state index is 10.8. The van der Waals surface area contributed by atoms with Crippen molar-refractivity contribution in [1.82, 2.24) is 0 Å². The van der Waals surface area contributed by atoms with Gasteiger partial charge in [-0.3, -0.25) is 4.79 Å². The summed E-state index contributed by atoms with van der Waals surface area (Å²) in [6, 6.07) is 0. The molecule has 1 rings (SSSR count). The Bertz CT molecular complexity index is 209. The molecule has 0 heterocycles. The summed E-state index contributed by atoms with van der Waals surface area (Å²) in [5.74, 6) is -0.682. The summed E-state index contributed by atoms with van der Waals surface area (Å²) in [7, 11) is 0. The van der Waals surface area contributed by atoms with Crippen LogP contribution >= 0.6 is 0 Å². The first-order valence-electron chi connectivity index (χ1n) is 6.02. The zero-order valence-corrected chi connectivity index (χ0v) is 9.54. The first-order chi connectivity index (χ1) is 7.08. The fraction of sp³-hybridized carbons (Fsp3) is 0.917. The number of hydrogen-bond donors (Lipinski definition) is 2. The molecule has 2 N–H and O–H groups in total. The molecule has 1 aliphatic carbocycles. The summed E-state index contributed by atoms with van der Waals surface area (Å²) >= 11 is 0. The van der Waals surface area contributed by atoms with E-state index in [4.69, 9.17) is 5.11 Å². The summed E-state index contributed by atoms with van der Waals surface area (Å²) < 4.78 is 0. The summed E-state index contributed by atoms with van der Waals surface area (Å²) in [5.41, 5.74) is -0.957. The van der Waals surface area contributed by atoms with Crippen LogP contribution in [0, 0.1) is 5.92 Å². The molecule has 1 saturated carbocycles. The molecule has 0 spiro atoms. The number of carbonyl (C=O) groups is 1. The van der Waals surface area contributed by atoms with Gasteiger partial charge in [0.05, 0.1) is 12.0 Å². The Labute approximate surface area is 91.5 Å². The van der Waals surface area contributed by atoms with Crippen molar-refractivity contribution >= 4 is 5.97 Å². The maximum absolute atomic E-state index is 10.8. The molecule has 0 aromatic carbocycles. The van der Waals surface area contributed by atoms with Crippen LogP contribution in [0.2, 0.25) is 0 Å². The molecule has 88 valence electrons. The highest BCUT2D eigenvalue weighted by Crippen LogP contribution is 2.37. The van der Waals surface area contributed by atoms with E-state index in [1.807, 2.05) is 6.92 Å². The lowest BCUT2D eigenvalue weighted by molar-refractivity contribution is -0.146. The first kappa shape index (κ1) is 12.5. The van der Waals surface area contributed by atoms with E-state index in [1.165, 1.54) is 6.42 Å². The molecule has 1 unspecified atom stereocenters. The normalized spacial score (nSPS) is 22.3. The Kier molecular flexibility index (Phi) is 4.58. The topological polar surface area (TPSA) is 57.5 Å². The van der Waals surface area contributed by atoms with Crippen LogP contribution in [-0.4, -0.2) is 21.8 Å². The van der Waals surface area contributed by atoms with Gasteiger partial charge >= 0.3 is 5.97 Å². The smallest absolute Gasteiger partial charge is 0.306 e. The third-order valence-corrected chi connectivity index (χ3v) is 3.51. The van der Waals surface area contributed by atoms with E-state index >= 15 is 0 Å². The Morgan fingerprint density at radius 2 is 1.93 bits per heavy atom. The number of aliphatic carboxylic acids is 1. The van der Waals surface area contributed by atoms with Gasteiger partial charge in [0.1, 0.15) is 0 Å². The lowest BCUT2D eigenvalue weighted by Crippen LogP contribution is -2.41. The molecule has 0 aromatic rings. The minimum atomic E-state index is -0.957. The largest absolute Gasteiger partial charge is 0.481 e. The highest BCUT2D eigenvalue weighted by atomic mass is 16.4. The van der Waals surface area contributed by atoms with Crippen molar-refractivity contribution in [3.05, 3.63) is 0 Å². The summed E-state index contributed by atoms with van der Waals surface area (Å²) in [4.78, 5) is 10.8. The SMILES string of the molecule is CCCC(O)(CC(=O)O)C1CCCCC1. The molecular weight excluding hydrogens is 192 g/mol. The number of carboxylic acids is 1. The van der Waals surface area contributed by atoms with Crippen molar-refractivity contribution in [2.24, 2.45) is 5.92 Å². The van der Waals surface area contributed by atoms with Gasteiger partial charge in [0.2, 0.25) is 0 Å². The average Bonchev–Trinajstić information content (AvgIpc) is 2.18. The van der Waals surface area contributed by atoms with Gasteiger partial charge in [0.15, 0.2) is 0 Å². The van der Waals surface area contributed by atoms with Crippen LogP contribution < -0.4 is 0 Å². The molecule has 1 fully saturated rings. The monoisotopic (exact) mass is 214 g/mol. The van der Waals surface area contributed by atoms with Crippen LogP contribution in [0.1, 0.15) is 58.3 Å². The predicted octanol–water partition coefficient (Wildman–Crippen LogP) is 2.57. The van der Waals surface area contributed by atoms with Gasteiger partial charge in [-0.05, 0) is 25.2 Å². The Morgan fingerprint density at radius 3 is 2.40 bits per heavy atom. The molecule has 0 aliphatic heterocycles. The van der Waals surface area contributed by atoms with Crippen molar-refractivity contribution in [2.75, 3.05) is 0 Å². The van der Waals surface area contributed by atoms with Crippen LogP contribution in [0.25, 0.3) is 0 Å². The maximum Gasteiger partial charge on any atom is 0.306 e. The van der Waals surface area contributed by atoms with E-state index in [0.29, 0.717) is 6.42 Å². The lowest BCUT2D eigenvalue weighted by atomic mass is 9.73. The molecule has 0 amide bonds. The summed E-state index contributed by atoms with van der Waals surface area (Å²) in [6.45, 7) is 2.00. The van der Waals surface area contributed by atoms with Crippen molar-refractivity contribution in [1.29, 1.82) is 0 Å². The van der Waals surface area contributed by atoms with E-state index < -0.39 is 11.6 Å². The Hall–Kier alpha value is -0.570. The molecular formula is C12H22O3. The quantitative estimate of drug-likeness (QED) is 0.739. The fourth-order valence-corrected chi connectivity index (χ4v) is 2.77. The van der Waals surface area contributed by atoms with Gasteiger partial charge < -0.3 is 10.2 Å². The van der Waals surface area contributed by atoms with Crippen LogP contribution in [0.5, 0.6) is 0 Å². The number of hydrogen-bond acceptors (Lipinski definition) is 2. The highest BCUT2D eigenvalue weighted by Gasteiger charge is 2.38. The van der Waals surface area contributed by atoms with Gasteiger partial charge in [-0.15, -0.1) is 0 Å². The second-order valence-electron chi connectivity index (χ2n) is 4.76. The minimum Gasteiger partial charge on any atom is -0.481 e. The predicted molar refractivity (Wildman–Crippen MR) is 58.7 cm³/mol. The summed E-state index contributed by atoms with van der Waals surface area (Å²) in [6.07, 6.45) is 6.85. The third-order valence-electron chi connectivity index (χ3n) is 3.51. The van der Waals surface area contributed by atoms with E-state index in [1.54, 1.807) is 0 Å². The van der Waals surface area contributed by atoms with Gasteiger partial charge in [-0.1, -0.05) is 32.6 Å². The molecule has 3 heteroatoms. The molecule has 1 aliphatic rings. The molecule has 0 aromatic heterocycles. The Morgan fingerprint density at radius 1 is 1.33 bits per heavy atom. The Balaban J connectivity index is 2.64. The highest BCUT2D eigenvalue weighted by molar-refractivity contribution is 5.68. The zero-order chi connectivity index (χ0) is 11.3. The molecule has 0 radical (unpaired) electrons. The second-order valence-corrected chi connectivity index (χ2v) is 4.76. The lowest BCUT2D eigenvalue weighted by Gasteiger charge is -2.37. The standard InChI is InChI=1S/C12H22O3/c1-2-8-12(15,9-11(13)14)10-6-4-3-5-7-10/h10,15H,2-9H2,1H3,(H,13,14). The fourth-order valence-electron chi connectivity index (χ4n) is 2.77. The van der Waals surface area contributed by atoms with Crippen LogP contribution in [0.4, 0.5) is 0 Å². The number of carboxylic acid groups (broad SMARTS) is 1. The molecule has 3 nitrogen and oxygen atoms in total. The second kappa shape index (κ2) is 5.50.